The summed E-state index contributed by atoms with van der Waals surface area (Å²) in [6.07, 6.45) is 1.92. The average Bonchev–Trinajstić information content (AvgIpc) is 3.31. The molecule has 0 bridgehead atoms. The quantitative estimate of drug-likeness (QED) is 0.511. The van der Waals surface area contributed by atoms with Gasteiger partial charge < -0.3 is 15.1 Å². The van der Waals surface area contributed by atoms with Crippen molar-refractivity contribution in [2.24, 2.45) is 0 Å². The molecule has 5 nitrogen and oxygen atoms in total. The van der Waals surface area contributed by atoms with Gasteiger partial charge in [0, 0.05) is 40.1 Å². The van der Waals surface area contributed by atoms with Crippen molar-refractivity contribution in [2.45, 2.75) is 13.5 Å². The zero-order valence-corrected chi connectivity index (χ0v) is 15.0. The van der Waals surface area contributed by atoms with Crippen molar-refractivity contribution in [3.63, 3.8) is 0 Å². The topological polar surface area (TPSA) is 52.5 Å². The van der Waals surface area contributed by atoms with Crippen LogP contribution in [0.4, 0.5) is 5.69 Å². The molecular weight excluding hydrogens is 336 g/mol. The molecule has 4 aromatic rings. The molecule has 0 saturated heterocycles. The number of aromatic nitrogens is 1. The van der Waals surface area contributed by atoms with Crippen molar-refractivity contribution >= 4 is 33.2 Å². The fourth-order valence-electron chi connectivity index (χ4n) is 3.86. The summed E-state index contributed by atoms with van der Waals surface area (Å²) in [7, 11) is 0. The molecule has 0 unspecified atom stereocenters. The Kier molecular flexibility index (Phi) is 3.55. The molecule has 0 spiro atoms. The lowest BCUT2D eigenvalue weighted by Gasteiger charge is -2.21. The summed E-state index contributed by atoms with van der Waals surface area (Å²) >= 11 is 0. The molecule has 0 saturated carbocycles. The molecule has 5 rings (SSSR count). The Morgan fingerprint density at radius 3 is 2.48 bits per heavy atom. The van der Waals surface area contributed by atoms with Gasteiger partial charge >= 0.3 is 0 Å². The summed E-state index contributed by atoms with van der Waals surface area (Å²) in [4.78, 5) is 0. The molecule has 0 aliphatic carbocycles. The fourth-order valence-corrected chi connectivity index (χ4v) is 3.86. The molecule has 1 aliphatic rings. The fraction of sp³-hybridized carbons (Fsp3) is 0.0909. The van der Waals surface area contributed by atoms with Gasteiger partial charge in [0.05, 0.1) is 11.4 Å². The number of anilines is 1. The smallest absolute Gasteiger partial charge is 0.115 e. The number of nitrogens with one attached hydrogen (secondary N) is 2. The molecule has 0 amide bonds. The predicted octanol–water partition coefficient (Wildman–Crippen LogP) is 4.35. The average molecular weight is 356 g/mol. The SMILES string of the molecule is CCn1c2ccccc2c2cc(N3NNC=C3c3ccc(O)cc3)ccc21. The first-order chi connectivity index (χ1) is 13.3. The van der Waals surface area contributed by atoms with Gasteiger partial charge in [-0.25, -0.2) is 0 Å². The summed E-state index contributed by atoms with van der Waals surface area (Å²) in [5.74, 6) is 0.263. The van der Waals surface area contributed by atoms with Crippen LogP contribution < -0.4 is 16.0 Å². The van der Waals surface area contributed by atoms with Crippen LogP contribution in [0, 0.1) is 0 Å². The number of nitrogens with zero attached hydrogens (tertiary/aromatic N) is 2. The molecule has 1 aliphatic heterocycles. The Bertz CT molecular complexity index is 1170. The highest BCUT2D eigenvalue weighted by Crippen LogP contribution is 2.34. The Morgan fingerprint density at radius 2 is 1.67 bits per heavy atom. The van der Waals surface area contributed by atoms with E-state index < -0.39 is 0 Å². The Morgan fingerprint density at radius 1 is 0.889 bits per heavy atom. The van der Waals surface area contributed by atoms with E-state index >= 15 is 0 Å². The number of phenolic OH excluding ortho intramolecular Hbond substituents is 1. The minimum absolute atomic E-state index is 0.263. The molecule has 134 valence electrons. The number of aryl methyl sites for hydroxylation is 1. The van der Waals surface area contributed by atoms with Crippen LogP contribution in [0.15, 0.2) is 72.9 Å². The van der Waals surface area contributed by atoms with E-state index in [1.54, 1.807) is 12.1 Å². The summed E-state index contributed by atoms with van der Waals surface area (Å²) in [5, 5.41) is 14.1. The number of phenols is 1. The summed E-state index contributed by atoms with van der Waals surface area (Å²) in [5.41, 5.74) is 11.8. The third-order valence-electron chi connectivity index (χ3n) is 5.12. The van der Waals surface area contributed by atoms with E-state index in [9.17, 15) is 5.11 Å². The second kappa shape index (κ2) is 6.07. The number of aromatic hydroxyl groups is 1. The van der Waals surface area contributed by atoms with Crippen LogP contribution in [0.25, 0.3) is 27.5 Å². The van der Waals surface area contributed by atoms with Gasteiger partial charge in [0.15, 0.2) is 0 Å². The Hall–Kier alpha value is -3.44. The van der Waals surface area contributed by atoms with Gasteiger partial charge in [0.25, 0.3) is 0 Å². The first-order valence-electron chi connectivity index (χ1n) is 9.08. The molecular formula is C22H20N4O. The van der Waals surface area contributed by atoms with E-state index in [4.69, 9.17) is 0 Å². The lowest BCUT2D eigenvalue weighted by Crippen LogP contribution is -2.37. The standard InChI is InChI=1S/C22H20N4O/c1-2-25-20-6-4-3-5-18(20)19-13-16(9-12-21(19)25)26-22(14-23-24-26)15-7-10-17(27)11-8-15/h3-14,23-24,27H,2H2,1H3. The second-order valence-corrected chi connectivity index (χ2v) is 6.63. The van der Waals surface area contributed by atoms with Crippen LogP contribution in [-0.2, 0) is 6.54 Å². The van der Waals surface area contributed by atoms with Crippen LogP contribution in [0.2, 0.25) is 0 Å². The monoisotopic (exact) mass is 356 g/mol. The first-order valence-corrected chi connectivity index (χ1v) is 9.08. The molecule has 3 N–H and O–H groups in total. The van der Waals surface area contributed by atoms with Crippen molar-refractivity contribution in [2.75, 3.05) is 5.01 Å². The van der Waals surface area contributed by atoms with Gasteiger partial charge in [0.2, 0.25) is 0 Å². The lowest BCUT2D eigenvalue weighted by atomic mass is 10.1. The number of rotatable bonds is 3. The van der Waals surface area contributed by atoms with Gasteiger partial charge in [-0.15, -0.1) is 5.53 Å². The zero-order valence-electron chi connectivity index (χ0n) is 15.0. The maximum atomic E-state index is 9.56. The van der Waals surface area contributed by atoms with Crippen molar-refractivity contribution in [1.29, 1.82) is 0 Å². The largest absolute Gasteiger partial charge is 0.508 e. The third-order valence-corrected chi connectivity index (χ3v) is 5.12. The first kappa shape index (κ1) is 15.8. The molecule has 0 radical (unpaired) electrons. The molecule has 0 fully saturated rings. The van der Waals surface area contributed by atoms with Crippen LogP contribution in [0.1, 0.15) is 12.5 Å². The maximum absolute atomic E-state index is 9.56. The van der Waals surface area contributed by atoms with E-state index in [0.717, 1.165) is 23.5 Å². The van der Waals surface area contributed by atoms with Crippen molar-refractivity contribution in [3.8, 4) is 5.75 Å². The molecule has 2 heterocycles. The van der Waals surface area contributed by atoms with Crippen molar-refractivity contribution in [3.05, 3.63) is 78.5 Å². The van der Waals surface area contributed by atoms with Gasteiger partial charge in [-0.3, -0.25) is 5.01 Å². The molecule has 27 heavy (non-hydrogen) atoms. The van der Waals surface area contributed by atoms with Gasteiger partial charge in [-0.2, -0.15) is 0 Å². The van der Waals surface area contributed by atoms with E-state index in [1.807, 2.05) is 23.3 Å². The number of benzene rings is 3. The van der Waals surface area contributed by atoms with E-state index in [0.29, 0.717) is 0 Å². The molecule has 0 atom stereocenters. The number of hydrogen-bond donors (Lipinski definition) is 3. The summed E-state index contributed by atoms with van der Waals surface area (Å²) in [6.45, 7) is 3.11. The van der Waals surface area contributed by atoms with E-state index in [1.165, 1.54) is 21.8 Å². The molecule has 5 heteroatoms. The highest BCUT2D eigenvalue weighted by atomic mass is 16.3. The van der Waals surface area contributed by atoms with Crippen molar-refractivity contribution < 1.29 is 5.11 Å². The second-order valence-electron chi connectivity index (χ2n) is 6.63. The Labute approximate surface area is 157 Å². The number of hydrazine groups is 2. The van der Waals surface area contributed by atoms with Crippen LogP contribution in [0.5, 0.6) is 5.75 Å². The molecule has 3 aromatic carbocycles. The maximum Gasteiger partial charge on any atom is 0.115 e. The van der Waals surface area contributed by atoms with Crippen LogP contribution in [-0.4, -0.2) is 9.67 Å². The highest BCUT2D eigenvalue weighted by molar-refractivity contribution is 6.09. The summed E-state index contributed by atoms with van der Waals surface area (Å²) in [6, 6.07) is 22.3. The van der Waals surface area contributed by atoms with E-state index in [-0.39, 0.29) is 5.75 Å². The zero-order chi connectivity index (χ0) is 18.4. The van der Waals surface area contributed by atoms with Gasteiger partial charge in [-0.1, -0.05) is 18.2 Å². The number of hydrogen-bond acceptors (Lipinski definition) is 4. The molecule has 1 aromatic heterocycles. The highest BCUT2D eigenvalue weighted by Gasteiger charge is 2.20. The van der Waals surface area contributed by atoms with Crippen LogP contribution >= 0.6 is 0 Å². The third kappa shape index (κ3) is 2.44. The van der Waals surface area contributed by atoms with E-state index in [2.05, 4.69) is 64.9 Å². The predicted molar refractivity (Wildman–Crippen MR) is 110 cm³/mol. The number of fused-ring (bicyclic) bond motifs is 3. The Balaban J connectivity index is 1.64. The van der Waals surface area contributed by atoms with Gasteiger partial charge in [-0.05, 0) is 55.5 Å². The normalized spacial score (nSPS) is 14.0. The lowest BCUT2D eigenvalue weighted by molar-refractivity contribution is 0.475. The minimum Gasteiger partial charge on any atom is -0.508 e. The van der Waals surface area contributed by atoms with Crippen molar-refractivity contribution in [1.82, 2.24) is 15.5 Å². The number of para-hydroxylation sites is 1. The minimum atomic E-state index is 0.263. The van der Waals surface area contributed by atoms with Gasteiger partial charge in [0.1, 0.15) is 5.75 Å². The van der Waals surface area contributed by atoms with Crippen LogP contribution in [0.3, 0.4) is 0 Å². The summed E-state index contributed by atoms with van der Waals surface area (Å²) < 4.78 is 2.35.